The number of piperidine rings is 1. The minimum atomic E-state index is -1.19. The largest absolute Gasteiger partial charge is 0.478 e. The van der Waals surface area contributed by atoms with E-state index in [4.69, 9.17) is 14.6 Å². The van der Waals surface area contributed by atoms with Gasteiger partial charge in [0.15, 0.2) is 0 Å². The minimum absolute atomic E-state index is 0.112. The lowest BCUT2D eigenvalue weighted by atomic mass is 10.0. The molecule has 0 aromatic heterocycles. The van der Waals surface area contributed by atoms with Crippen LogP contribution in [-0.4, -0.2) is 49.5 Å². The van der Waals surface area contributed by atoms with Gasteiger partial charge in [-0.1, -0.05) is 30.3 Å². The molecule has 1 fully saturated rings. The summed E-state index contributed by atoms with van der Waals surface area (Å²) in [7, 11) is 1.53. The highest BCUT2D eigenvalue weighted by molar-refractivity contribution is 5.88. The molecule has 2 N–H and O–H groups in total. The van der Waals surface area contributed by atoms with E-state index in [0.29, 0.717) is 25.2 Å². The number of carboxylic acid groups (broad SMARTS) is 1. The molecule has 2 aromatic carbocycles. The number of alkyl carbamates (subject to hydrolysis) is 1. The number of carbonyl (C=O) groups is 2. The van der Waals surface area contributed by atoms with E-state index in [0.717, 1.165) is 11.6 Å². The lowest BCUT2D eigenvalue weighted by molar-refractivity contribution is 0.0546. The molecule has 0 bridgehead atoms. The molecule has 1 aliphatic rings. The normalized spacial score (nSPS) is 18.9. The Morgan fingerprint density at radius 1 is 1.24 bits per heavy atom. The summed E-state index contributed by atoms with van der Waals surface area (Å²) < 4.78 is 24.6. The van der Waals surface area contributed by atoms with E-state index in [1.807, 2.05) is 35.2 Å². The average Bonchev–Trinajstić information content (AvgIpc) is 2.72. The number of hydrogen-bond acceptors (Lipinski definition) is 5. The van der Waals surface area contributed by atoms with Crippen molar-refractivity contribution in [3.8, 4) is 0 Å². The molecule has 8 heteroatoms. The molecule has 3 rings (SSSR count). The van der Waals surface area contributed by atoms with Crippen molar-refractivity contribution in [2.24, 2.45) is 0 Å². The number of carbonyl (C=O) groups excluding carboxylic acids is 1. The number of benzene rings is 2. The van der Waals surface area contributed by atoms with Gasteiger partial charge >= 0.3 is 12.1 Å². The maximum absolute atomic E-state index is 13.8. The monoisotopic (exact) mass is 402 g/mol. The van der Waals surface area contributed by atoms with Crippen molar-refractivity contribution in [2.75, 3.05) is 25.1 Å². The van der Waals surface area contributed by atoms with Crippen LogP contribution in [-0.2, 0) is 16.1 Å². The van der Waals surface area contributed by atoms with Gasteiger partial charge in [-0.05, 0) is 30.2 Å². The van der Waals surface area contributed by atoms with Crippen LogP contribution in [0.5, 0.6) is 0 Å². The zero-order valence-electron chi connectivity index (χ0n) is 16.0. The summed E-state index contributed by atoms with van der Waals surface area (Å²) >= 11 is 0. The Balaban J connectivity index is 1.59. The molecule has 0 spiro atoms. The number of halogens is 1. The van der Waals surface area contributed by atoms with Crippen molar-refractivity contribution in [2.45, 2.75) is 25.2 Å². The maximum Gasteiger partial charge on any atom is 0.407 e. The quantitative estimate of drug-likeness (QED) is 0.772. The fourth-order valence-electron chi connectivity index (χ4n) is 3.35. The van der Waals surface area contributed by atoms with Crippen LogP contribution in [0.25, 0.3) is 0 Å². The van der Waals surface area contributed by atoms with E-state index < -0.39 is 17.9 Å². The molecule has 0 aliphatic carbocycles. The molecule has 1 heterocycles. The van der Waals surface area contributed by atoms with Gasteiger partial charge in [0.25, 0.3) is 0 Å². The second-order valence-electron chi connectivity index (χ2n) is 6.82. The molecule has 7 nitrogen and oxygen atoms in total. The van der Waals surface area contributed by atoms with E-state index in [1.54, 1.807) is 0 Å². The second-order valence-corrected chi connectivity index (χ2v) is 6.82. The SMILES string of the molecule is COC1CN(c2cc(F)cc(C(=O)O)c2)CCC1NC(=O)OCc1ccccc1. The molecule has 1 aliphatic heterocycles. The number of methoxy groups -OCH3 is 1. The number of hydrogen-bond donors (Lipinski definition) is 2. The Hall–Kier alpha value is -3.13. The number of anilines is 1. The third-order valence-electron chi connectivity index (χ3n) is 4.87. The molecule has 2 aromatic rings. The fraction of sp³-hybridized carbons (Fsp3) is 0.333. The Morgan fingerprint density at radius 2 is 2.00 bits per heavy atom. The molecule has 154 valence electrons. The summed E-state index contributed by atoms with van der Waals surface area (Å²) in [6, 6.07) is 12.8. The topological polar surface area (TPSA) is 88.1 Å². The standard InChI is InChI=1S/C21H23FN2O5/c1-28-19-12-24(17-10-15(20(25)26)9-16(22)11-17)8-7-18(19)23-21(27)29-13-14-5-3-2-4-6-14/h2-6,9-11,18-19H,7-8,12-13H2,1H3,(H,23,27)(H,25,26). The lowest BCUT2D eigenvalue weighted by Gasteiger charge is -2.39. The highest BCUT2D eigenvalue weighted by Crippen LogP contribution is 2.24. The van der Waals surface area contributed by atoms with Crippen molar-refractivity contribution in [3.63, 3.8) is 0 Å². The molecule has 0 saturated carbocycles. The minimum Gasteiger partial charge on any atom is -0.478 e. The van der Waals surface area contributed by atoms with Crippen molar-refractivity contribution in [1.82, 2.24) is 5.32 Å². The number of ether oxygens (including phenoxy) is 2. The van der Waals surface area contributed by atoms with Crippen LogP contribution in [0.15, 0.2) is 48.5 Å². The average molecular weight is 402 g/mol. The van der Waals surface area contributed by atoms with Crippen LogP contribution in [0, 0.1) is 5.82 Å². The van der Waals surface area contributed by atoms with Gasteiger partial charge in [0, 0.05) is 25.9 Å². The van der Waals surface area contributed by atoms with Gasteiger partial charge in [-0.3, -0.25) is 0 Å². The number of nitrogens with one attached hydrogen (secondary N) is 1. The van der Waals surface area contributed by atoms with E-state index in [1.165, 1.54) is 19.2 Å². The molecule has 29 heavy (non-hydrogen) atoms. The van der Waals surface area contributed by atoms with Crippen LogP contribution >= 0.6 is 0 Å². The summed E-state index contributed by atoms with van der Waals surface area (Å²) in [6.07, 6.45) is -0.351. The summed E-state index contributed by atoms with van der Waals surface area (Å²) in [6.45, 7) is 1.05. The first-order valence-electron chi connectivity index (χ1n) is 9.25. The summed E-state index contributed by atoms with van der Waals surface area (Å²) in [5.41, 5.74) is 1.24. The number of amides is 1. The number of aromatic carboxylic acids is 1. The van der Waals surface area contributed by atoms with Crippen LogP contribution in [0.4, 0.5) is 14.9 Å². The highest BCUT2D eigenvalue weighted by Gasteiger charge is 2.31. The number of nitrogens with zero attached hydrogens (tertiary/aromatic N) is 1. The van der Waals surface area contributed by atoms with E-state index in [2.05, 4.69) is 5.32 Å². The van der Waals surface area contributed by atoms with Gasteiger partial charge in [0.1, 0.15) is 12.4 Å². The third-order valence-corrected chi connectivity index (χ3v) is 4.87. The number of carboxylic acids is 1. The first-order valence-corrected chi connectivity index (χ1v) is 9.25. The van der Waals surface area contributed by atoms with Gasteiger partial charge in [0.05, 0.1) is 17.7 Å². The Labute approximate surface area is 168 Å². The van der Waals surface area contributed by atoms with Crippen LogP contribution in [0.2, 0.25) is 0 Å². The predicted molar refractivity (Wildman–Crippen MR) is 105 cm³/mol. The second kappa shape index (κ2) is 9.38. The van der Waals surface area contributed by atoms with Crippen LogP contribution < -0.4 is 10.2 Å². The molecule has 0 radical (unpaired) electrons. The van der Waals surface area contributed by atoms with Crippen LogP contribution in [0.1, 0.15) is 22.3 Å². The Kier molecular flexibility index (Phi) is 6.66. The van der Waals surface area contributed by atoms with Crippen molar-refractivity contribution >= 4 is 17.7 Å². The summed E-state index contributed by atoms with van der Waals surface area (Å²) in [4.78, 5) is 25.2. The number of rotatable bonds is 6. The lowest BCUT2D eigenvalue weighted by Crippen LogP contribution is -2.55. The van der Waals surface area contributed by atoms with E-state index >= 15 is 0 Å². The molecule has 2 atom stereocenters. The summed E-state index contributed by atoms with van der Waals surface area (Å²) in [5.74, 6) is -1.80. The zero-order chi connectivity index (χ0) is 20.8. The van der Waals surface area contributed by atoms with Crippen molar-refractivity contribution in [1.29, 1.82) is 0 Å². The molecular formula is C21H23FN2O5. The molecule has 1 amide bonds. The van der Waals surface area contributed by atoms with Gasteiger partial charge in [-0.15, -0.1) is 0 Å². The Morgan fingerprint density at radius 3 is 2.69 bits per heavy atom. The van der Waals surface area contributed by atoms with Gasteiger partial charge in [-0.2, -0.15) is 0 Å². The summed E-state index contributed by atoms with van der Waals surface area (Å²) in [5, 5.41) is 12.0. The molecule has 2 unspecified atom stereocenters. The smallest absolute Gasteiger partial charge is 0.407 e. The van der Waals surface area contributed by atoms with Gasteiger partial charge in [0.2, 0.25) is 0 Å². The van der Waals surface area contributed by atoms with E-state index in [9.17, 15) is 14.0 Å². The van der Waals surface area contributed by atoms with Crippen molar-refractivity contribution < 1.29 is 28.6 Å². The predicted octanol–water partition coefficient (Wildman–Crippen LogP) is 3.04. The van der Waals surface area contributed by atoms with E-state index in [-0.39, 0.29) is 24.3 Å². The maximum atomic E-state index is 13.8. The molecule has 1 saturated heterocycles. The first-order chi connectivity index (χ1) is 14.0. The van der Waals surface area contributed by atoms with Gasteiger partial charge in [-0.25, -0.2) is 14.0 Å². The van der Waals surface area contributed by atoms with Crippen LogP contribution in [0.3, 0.4) is 0 Å². The Bertz CT molecular complexity index is 861. The van der Waals surface area contributed by atoms with Gasteiger partial charge < -0.3 is 24.8 Å². The fourth-order valence-corrected chi connectivity index (χ4v) is 3.35. The molecular weight excluding hydrogens is 379 g/mol. The zero-order valence-corrected chi connectivity index (χ0v) is 16.0. The van der Waals surface area contributed by atoms with Crippen molar-refractivity contribution in [3.05, 3.63) is 65.5 Å². The first kappa shape index (κ1) is 20.6. The third kappa shape index (κ3) is 5.45. The highest BCUT2D eigenvalue weighted by atomic mass is 19.1.